The summed E-state index contributed by atoms with van der Waals surface area (Å²) in [5.74, 6) is 0.882. The quantitative estimate of drug-likeness (QED) is 0.615. The van der Waals surface area contributed by atoms with E-state index >= 15 is 0 Å². The third-order valence-corrected chi connectivity index (χ3v) is 4.41. The summed E-state index contributed by atoms with van der Waals surface area (Å²) in [6.07, 6.45) is 2.09. The zero-order valence-electron chi connectivity index (χ0n) is 13.4. The maximum atomic E-state index is 5.47. The first kappa shape index (κ1) is 15.8. The minimum atomic E-state index is 0.740. The van der Waals surface area contributed by atoms with Crippen LogP contribution in [0.25, 0.3) is 11.3 Å². The predicted molar refractivity (Wildman–Crippen MR) is 95.3 cm³/mol. The molecular weight excluding hydrogens is 304 g/mol. The van der Waals surface area contributed by atoms with Crippen molar-refractivity contribution >= 4 is 11.8 Å². The zero-order valence-corrected chi connectivity index (χ0v) is 14.2. The number of thioether (sulfide) groups is 1. The molecule has 0 spiro atoms. The molecule has 0 amide bonds. The predicted octanol–water partition coefficient (Wildman–Crippen LogP) is 4.70. The van der Waals surface area contributed by atoms with Crippen LogP contribution in [0, 0.1) is 0 Å². The number of rotatable bonds is 6. The highest BCUT2D eigenvalue weighted by atomic mass is 32.2. The van der Waals surface area contributed by atoms with Crippen LogP contribution in [0.15, 0.2) is 70.1 Å². The van der Waals surface area contributed by atoms with Crippen molar-refractivity contribution in [3.8, 4) is 11.3 Å². The number of hydrogen-bond acceptors (Lipinski definition) is 4. The summed E-state index contributed by atoms with van der Waals surface area (Å²) in [5.41, 5.74) is 3.27. The smallest absolute Gasteiger partial charge is 0.151 e. The molecule has 0 unspecified atom stereocenters. The lowest BCUT2D eigenvalue weighted by Crippen LogP contribution is -2.16. The first-order valence-electron chi connectivity index (χ1n) is 7.57. The monoisotopic (exact) mass is 324 g/mol. The summed E-state index contributed by atoms with van der Waals surface area (Å²) < 4.78 is 5.47. The van der Waals surface area contributed by atoms with Gasteiger partial charge in [0.15, 0.2) is 5.76 Å². The first-order valence-corrected chi connectivity index (χ1v) is 8.79. The summed E-state index contributed by atoms with van der Waals surface area (Å²) >= 11 is 1.76. The van der Waals surface area contributed by atoms with Crippen molar-refractivity contribution in [2.45, 2.75) is 18.0 Å². The highest BCUT2D eigenvalue weighted by Gasteiger charge is 2.09. The number of hydrogen-bond donors (Lipinski definition) is 0. The molecule has 0 saturated heterocycles. The lowest BCUT2D eigenvalue weighted by atomic mass is 10.1. The Morgan fingerprint density at radius 2 is 1.74 bits per heavy atom. The lowest BCUT2D eigenvalue weighted by Gasteiger charge is -2.14. The topological polar surface area (TPSA) is 29.3 Å². The van der Waals surface area contributed by atoms with E-state index in [1.165, 1.54) is 10.5 Å². The van der Waals surface area contributed by atoms with Gasteiger partial charge in [0.2, 0.25) is 0 Å². The maximum Gasteiger partial charge on any atom is 0.151 e. The Morgan fingerprint density at radius 3 is 2.43 bits per heavy atom. The molecule has 2 aromatic carbocycles. The minimum Gasteiger partial charge on any atom is -0.359 e. The Morgan fingerprint density at radius 1 is 1.00 bits per heavy atom. The van der Waals surface area contributed by atoms with E-state index in [4.69, 9.17) is 4.52 Å². The van der Waals surface area contributed by atoms with Crippen molar-refractivity contribution in [1.29, 1.82) is 0 Å². The molecule has 0 atom stereocenters. The van der Waals surface area contributed by atoms with Crippen LogP contribution in [-0.2, 0) is 13.1 Å². The fourth-order valence-electron chi connectivity index (χ4n) is 2.50. The molecular formula is C19H20N2OS. The first-order chi connectivity index (χ1) is 11.2. The van der Waals surface area contributed by atoms with Crippen LogP contribution >= 0.6 is 11.8 Å². The molecule has 0 N–H and O–H groups in total. The van der Waals surface area contributed by atoms with Crippen molar-refractivity contribution in [3.63, 3.8) is 0 Å². The molecule has 4 heteroatoms. The van der Waals surface area contributed by atoms with E-state index in [9.17, 15) is 0 Å². The molecule has 23 heavy (non-hydrogen) atoms. The van der Waals surface area contributed by atoms with Gasteiger partial charge >= 0.3 is 0 Å². The van der Waals surface area contributed by atoms with Gasteiger partial charge in [-0.05, 0) is 31.0 Å². The van der Waals surface area contributed by atoms with Crippen molar-refractivity contribution in [2.24, 2.45) is 0 Å². The van der Waals surface area contributed by atoms with Crippen molar-refractivity contribution < 1.29 is 4.52 Å². The summed E-state index contributed by atoms with van der Waals surface area (Å²) in [5, 5.41) is 4.16. The van der Waals surface area contributed by atoms with E-state index in [1.54, 1.807) is 11.8 Å². The summed E-state index contributed by atoms with van der Waals surface area (Å²) in [4.78, 5) is 3.52. The Bertz CT molecular complexity index is 738. The fraction of sp³-hybridized carbons (Fsp3) is 0.211. The highest BCUT2D eigenvalue weighted by Crippen LogP contribution is 2.20. The molecule has 0 aliphatic heterocycles. The summed E-state index contributed by atoms with van der Waals surface area (Å²) in [6.45, 7) is 1.63. The molecule has 0 aliphatic rings. The Balaban J connectivity index is 1.61. The van der Waals surface area contributed by atoms with Crippen LogP contribution in [-0.4, -0.2) is 23.4 Å². The van der Waals surface area contributed by atoms with Crippen LogP contribution in [0.3, 0.4) is 0 Å². The number of nitrogens with zero attached hydrogens (tertiary/aromatic N) is 2. The molecule has 0 fully saturated rings. The zero-order chi connectivity index (χ0) is 16.1. The largest absolute Gasteiger partial charge is 0.359 e. The van der Waals surface area contributed by atoms with E-state index < -0.39 is 0 Å². The normalized spacial score (nSPS) is 11.1. The molecule has 1 heterocycles. The standard InChI is InChI=1S/C19H20N2OS/c1-21(13-15-8-10-18(23-2)11-9-15)14-17-12-19(20-22-17)16-6-4-3-5-7-16/h3-12H,13-14H2,1-2H3. The van der Waals surface area contributed by atoms with Crippen LogP contribution < -0.4 is 0 Å². The average Bonchev–Trinajstić information content (AvgIpc) is 3.04. The van der Waals surface area contributed by atoms with Gasteiger partial charge in [-0.2, -0.15) is 0 Å². The molecule has 0 bridgehead atoms. The second-order valence-electron chi connectivity index (χ2n) is 5.56. The molecule has 3 aromatic rings. The lowest BCUT2D eigenvalue weighted by molar-refractivity contribution is 0.267. The van der Waals surface area contributed by atoms with Crippen LogP contribution in [0.2, 0.25) is 0 Å². The molecule has 3 nitrogen and oxygen atoms in total. The van der Waals surface area contributed by atoms with Gasteiger partial charge < -0.3 is 4.52 Å². The van der Waals surface area contributed by atoms with E-state index in [0.717, 1.165) is 30.1 Å². The molecule has 0 radical (unpaired) electrons. The van der Waals surface area contributed by atoms with Crippen LogP contribution in [0.5, 0.6) is 0 Å². The van der Waals surface area contributed by atoms with E-state index in [0.29, 0.717) is 0 Å². The van der Waals surface area contributed by atoms with Crippen molar-refractivity contribution in [1.82, 2.24) is 10.1 Å². The van der Waals surface area contributed by atoms with Gasteiger partial charge in [0, 0.05) is 23.1 Å². The van der Waals surface area contributed by atoms with Gasteiger partial charge in [-0.15, -0.1) is 11.8 Å². The summed E-state index contributed by atoms with van der Waals surface area (Å²) in [6, 6.07) is 20.8. The highest BCUT2D eigenvalue weighted by molar-refractivity contribution is 7.98. The Kier molecular flexibility index (Phi) is 5.16. The number of benzene rings is 2. The molecule has 1 aromatic heterocycles. The Labute approximate surface area is 141 Å². The third kappa shape index (κ3) is 4.24. The van der Waals surface area contributed by atoms with Gasteiger partial charge in [-0.1, -0.05) is 47.6 Å². The minimum absolute atomic E-state index is 0.740. The second-order valence-corrected chi connectivity index (χ2v) is 6.44. The van der Waals surface area contributed by atoms with E-state index in [1.807, 2.05) is 36.4 Å². The number of aromatic nitrogens is 1. The Hall–Kier alpha value is -2.04. The molecule has 3 rings (SSSR count). The summed E-state index contributed by atoms with van der Waals surface area (Å²) in [7, 11) is 2.09. The van der Waals surface area contributed by atoms with Crippen LogP contribution in [0.4, 0.5) is 0 Å². The van der Waals surface area contributed by atoms with Gasteiger partial charge in [0.05, 0.1) is 6.54 Å². The average molecular weight is 324 g/mol. The van der Waals surface area contributed by atoms with Gasteiger partial charge in [0.25, 0.3) is 0 Å². The second kappa shape index (κ2) is 7.49. The molecule has 0 saturated carbocycles. The van der Waals surface area contributed by atoms with Crippen LogP contribution in [0.1, 0.15) is 11.3 Å². The molecule has 0 aliphatic carbocycles. The van der Waals surface area contributed by atoms with Gasteiger partial charge in [-0.25, -0.2) is 0 Å². The maximum absolute atomic E-state index is 5.47. The van der Waals surface area contributed by atoms with E-state index in [2.05, 4.69) is 47.6 Å². The van der Waals surface area contributed by atoms with Gasteiger partial charge in [-0.3, -0.25) is 4.90 Å². The third-order valence-electron chi connectivity index (χ3n) is 3.67. The molecule has 118 valence electrons. The van der Waals surface area contributed by atoms with Crippen molar-refractivity contribution in [3.05, 3.63) is 72.0 Å². The van der Waals surface area contributed by atoms with Crippen molar-refractivity contribution in [2.75, 3.05) is 13.3 Å². The fourth-order valence-corrected chi connectivity index (χ4v) is 2.91. The van der Waals surface area contributed by atoms with Gasteiger partial charge in [0.1, 0.15) is 5.69 Å². The van der Waals surface area contributed by atoms with E-state index in [-0.39, 0.29) is 0 Å². The SMILES string of the molecule is CSc1ccc(CN(C)Cc2cc(-c3ccccc3)no2)cc1.